The molecule has 1 aliphatic heterocycles. The van der Waals surface area contributed by atoms with Gasteiger partial charge in [-0.1, -0.05) is 30.3 Å². The first kappa shape index (κ1) is 14.2. The molecule has 3 nitrogen and oxygen atoms in total. The number of rotatable bonds is 5. The third-order valence-electron chi connectivity index (χ3n) is 3.27. The molecule has 1 saturated heterocycles. The predicted molar refractivity (Wildman–Crippen MR) is 81.3 cm³/mol. The molecule has 0 N–H and O–H groups in total. The van der Waals surface area contributed by atoms with Crippen molar-refractivity contribution in [2.24, 2.45) is 0 Å². The van der Waals surface area contributed by atoms with Crippen molar-refractivity contribution in [2.45, 2.75) is 6.92 Å². The van der Waals surface area contributed by atoms with Crippen molar-refractivity contribution in [3.8, 4) is 5.75 Å². The van der Waals surface area contributed by atoms with E-state index in [1.165, 1.54) is 5.69 Å². The van der Waals surface area contributed by atoms with Crippen LogP contribution in [-0.4, -0.2) is 44.2 Å². The quantitative estimate of drug-likeness (QED) is 0.825. The van der Waals surface area contributed by atoms with E-state index in [1.54, 1.807) is 0 Å². The second-order valence-electron chi connectivity index (χ2n) is 4.68. The van der Waals surface area contributed by atoms with Crippen molar-refractivity contribution in [1.82, 2.24) is 4.90 Å². The van der Waals surface area contributed by atoms with Crippen LogP contribution in [0.4, 0.5) is 5.69 Å². The standard InChI is InChI=1S/C15H21ClN2O/c1-3-19-15-7-5-4-6-14(15)18-10-8-17(9-11-18)12-13(2)16/h4-7H,2-3,8-12H2,1H3. The van der Waals surface area contributed by atoms with Gasteiger partial charge in [-0.2, -0.15) is 0 Å². The van der Waals surface area contributed by atoms with Gasteiger partial charge in [-0.25, -0.2) is 0 Å². The smallest absolute Gasteiger partial charge is 0.142 e. The maximum atomic E-state index is 5.86. The zero-order chi connectivity index (χ0) is 13.7. The average Bonchev–Trinajstić information content (AvgIpc) is 2.40. The van der Waals surface area contributed by atoms with Crippen molar-refractivity contribution >= 4 is 17.3 Å². The maximum Gasteiger partial charge on any atom is 0.142 e. The van der Waals surface area contributed by atoms with Crippen LogP contribution in [0.2, 0.25) is 0 Å². The molecule has 0 bridgehead atoms. The summed E-state index contributed by atoms with van der Waals surface area (Å²) in [5.74, 6) is 0.972. The fourth-order valence-electron chi connectivity index (χ4n) is 2.39. The first-order valence-electron chi connectivity index (χ1n) is 6.73. The topological polar surface area (TPSA) is 15.7 Å². The van der Waals surface area contributed by atoms with Gasteiger partial charge < -0.3 is 9.64 Å². The summed E-state index contributed by atoms with van der Waals surface area (Å²) in [6.07, 6.45) is 0. The molecule has 104 valence electrons. The van der Waals surface area contributed by atoms with Gasteiger partial charge in [0.05, 0.1) is 12.3 Å². The van der Waals surface area contributed by atoms with E-state index in [0.29, 0.717) is 11.6 Å². The first-order valence-corrected chi connectivity index (χ1v) is 7.11. The van der Waals surface area contributed by atoms with Gasteiger partial charge in [0.2, 0.25) is 0 Å². The number of hydrogen-bond acceptors (Lipinski definition) is 3. The van der Waals surface area contributed by atoms with E-state index in [1.807, 2.05) is 19.1 Å². The normalized spacial score (nSPS) is 16.4. The van der Waals surface area contributed by atoms with E-state index in [0.717, 1.165) is 38.5 Å². The Balaban J connectivity index is 1.99. The van der Waals surface area contributed by atoms with Gasteiger partial charge in [0.25, 0.3) is 0 Å². The molecule has 1 aromatic rings. The SMILES string of the molecule is C=C(Cl)CN1CCN(c2ccccc2OCC)CC1. The number of ether oxygens (including phenoxy) is 1. The molecule has 0 unspecified atom stereocenters. The van der Waals surface area contributed by atoms with E-state index in [4.69, 9.17) is 16.3 Å². The Labute approximate surface area is 120 Å². The number of nitrogens with zero attached hydrogens (tertiary/aromatic N) is 2. The fraction of sp³-hybridized carbons (Fsp3) is 0.467. The van der Waals surface area contributed by atoms with Gasteiger partial charge in [0, 0.05) is 37.8 Å². The summed E-state index contributed by atoms with van der Waals surface area (Å²) in [6, 6.07) is 8.24. The molecule has 1 aliphatic rings. The number of hydrogen-bond donors (Lipinski definition) is 0. The minimum atomic E-state index is 0.697. The molecule has 1 aromatic carbocycles. The zero-order valence-corrected chi connectivity index (χ0v) is 12.2. The van der Waals surface area contributed by atoms with E-state index >= 15 is 0 Å². The lowest BCUT2D eigenvalue weighted by atomic mass is 10.2. The van der Waals surface area contributed by atoms with Crippen molar-refractivity contribution < 1.29 is 4.74 Å². The average molecular weight is 281 g/mol. The minimum Gasteiger partial charge on any atom is -0.492 e. The van der Waals surface area contributed by atoms with Gasteiger partial charge >= 0.3 is 0 Å². The lowest BCUT2D eigenvalue weighted by molar-refractivity contribution is 0.279. The first-order chi connectivity index (χ1) is 9.20. The Hall–Kier alpha value is -1.19. The molecule has 0 saturated carbocycles. The third-order valence-corrected chi connectivity index (χ3v) is 3.39. The van der Waals surface area contributed by atoms with Crippen LogP contribution in [-0.2, 0) is 0 Å². The second kappa shape index (κ2) is 6.83. The Morgan fingerprint density at radius 2 is 1.95 bits per heavy atom. The van der Waals surface area contributed by atoms with Crippen LogP contribution < -0.4 is 9.64 Å². The Morgan fingerprint density at radius 1 is 1.26 bits per heavy atom. The van der Waals surface area contributed by atoms with Gasteiger partial charge in [-0.15, -0.1) is 0 Å². The predicted octanol–water partition coefficient (Wildman–Crippen LogP) is 2.96. The molecular weight excluding hydrogens is 260 g/mol. The van der Waals surface area contributed by atoms with Crippen LogP contribution in [0, 0.1) is 0 Å². The molecule has 0 atom stereocenters. The van der Waals surface area contributed by atoms with Gasteiger partial charge in [0.15, 0.2) is 0 Å². The highest BCUT2D eigenvalue weighted by atomic mass is 35.5. The Kier molecular flexibility index (Phi) is 5.11. The summed E-state index contributed by atoms with van der Waals surface area (Å²) >= 11 is 5.86. The summed E-state index contributed by atoms with van der Waals surface area (Å²) in [5.41, 5.74) is 1.19. The second-order valence-corrected chi connectivity index (χ2v) is 5.22. The molecule has 1 fully saturated rings. The van der Waals surface area contributed by atoms with Gasteiger partial charge in [-0.3, -0.25) is 4.90 Å². The van der Waals surface area contributed by atoms with Gasteiger partial charge in [-0.05, 0) is 19.1 Å². The Bertz CT molecular complexity index is 428. The number of anilines is 1. The molecule has 0 radical (unpaired) electrons. The van der Waals surface area contributed by atoms with Crippen molar-refractivity contribution in [3.05, 3.63) is 35.9 Å². The van der Waals surface area contributed by atoms with E-state index in [9.17, 15) is 0 Å². The van der Waals surface area contributed by atoms with Crippen LogP contribution in [0.1, 0.15) is 6.92 Å². The maximum absolute atomic E-state index is 5.86. The molecule has 19 heavy (non-hydrogen) atoms. The minimum absolute atomic E-state index is 0.697. The third kappa shape index (κ3) is 3.88. The zero-order valence-electron chi connectivity index (χ0n) is 11.4. The molecule has 0 spiro atoms. The van der Waals surface area contributed by atoms with Crippen molar-refractivity contribution in [1.29, 1.82) is 0 Å². The van der Waals surface area contributed by atoms with Crippen molar-refractivity contribution in [2.75, 3.05) is 44.2 Å². The summed E-state index contributed by atoms with van der Waals surface area (Å²) < 4.78 is 5.69. The lowest BCUT2D eigenvalue weighted by Gasteiger charge is -2.36. The number of halogens is 1. The highest BCUT2D eigenvalue weighted by Crippen LogP contribution is 2.28. The number of para-hydroxylation sites is 2. The van der Waals surface area contributed by atoms with Crippen LogP contribution >= 0.6 is 11.6 Å². The highest BCUT2D eigenvalue weighted by molar-refractivity contribution is 6.29. The summed E-state index contributed by atoms with van der Waals surface area (Å²) in [6.45, 7) is 11.2. The molecule has 0 amide bonds. The summed E-state index contributed by atoms with van der Waals surface area (Å²) in [5, 5.41) is 0.711. The summed E-state index contributed by atoms with van der Waals surface area (Å²) in [7, 11) is 0. The van der Waals surface area contributed by atoms with Crippen LogP contribution in [0.15, 0.2) is 35.9 Å². The largest absolute Gasteiger partial charge is 0.492 e. The number of piperazine rings is 1. The molecule has 1 heterocycles. The molecule has 0 aromatic heterocycles. The lowest BCUT2D eigenvalue weighted by Crippen LogP contribution is -2.46. The molecule has 0 aliphatic carbocycles. The summed E-state index contributed by atoms with van der Waals surface area (Å²) in [4.78, 5) is 4.70. The molecule has 2 rings (SSSR count). The van der Waals surface area contributed by atoms with Crippen molar-refractivity contribution in [3.63, 3.8) is 0 Å². The Morgan fingerprint density at radius 3 is 2.58 bits per heavy atom. The van der Waals surface area contributed by atoms with E-state index in [2.05, 4.69) is 28.5 Å². The fourth-order valence-corrected chi connectivity index (χ4v) is 2.55. The number of benzene rings is 1. The van der Waals surface area contributed by atoms with Gasteiger partial charge in [0.1, 0.15) is 5.75 Å². The van der Waals surface area contributed by atoms with E-state index in [-0.39, 0.29) is 0 Å². The van der Waals surface area contributed by atoms with E-state index < -0.39 is 0 Å². The van der Waals surface area contributed by atoms with Crippen LogP contribution in [0.3, 0.4) is 0 Å². The molecule has 4 heteroatoms. The van der Waals surface area contributed by atoms with Crippen LogP contribution in [0.5, 0.6) is 5.75 Å². The highest BCUT2D eigenvalue weighted by Gasteiger charge is 2.19. The molecular formula is C15H21ClN2O. The monoisotopic (exact) mass is 280 g/mol. The van der Waals surface area contributed by atoms with Crippen LogP contribution in [0.25, 0.3) is 0 Å².